The van der Waals surface area contributed by atoms with Crippen molar-refractivity contribution < 1.29 is 18.5 Å². The van der Waals surface area contributed by atoms with E-state index in [1.807, 2.05) is 6.92 Å². The number of aliphatic carboxylic acids is 1. The van der Waals surface area contributed by atoms with Gasteiger partial charge in [0, 0.05) is 6.08 Å². The summed E-state index contributed by atoms with van der Waals surface area (Å²) >= 11 is 0. The maximum atomic E-state index is 10.5. The van der Waals surface area contributed by atoms with Crippen molar-refractivity contribution in [3.63, 3.8) is 0 Å². The van der Waals surface area contributed by atoms with Crippen LogP contribution < -0.4 is 0 Å². The zero-order valence-corrected chi connectivity index (χ0v) is 24.3. The molecular weight excluding hydrogens is 392 g/mol. The van der Waals surface area contributed by atoms with E-state index in [0.29, 0.717) is 0 Å². The van der Waals surface area contributed by atoms with E-state index in [1.165, 1.54) is 51.0 Å². The Hall–Kier alpha value is 2.99. The van der Waals surface area contributed by atoms with E-state index >= 15 is 0 Å². The minimum Gasteiger partial charge on any atom is -1.00 e. The number of hydrogen-bond acceptors (Lipinski definition) is 1. The van der Waals surface area contributed by atoms with Crippen LogP contribution in [0.4, 0.5) is 0 Å². The van der Waals surface area contributed by atoms with Gasteiger partial charge in [-0.25, -0.2) is 4.79 Å². The number of carboxylic acid groups (broad SMARTS) is 1. The van der Waals surface area contributed by atoms with Crippen molar-refractivity contribution in [1.82, 2.24) is 0 Å². The van der Waals surface area contributed by atoms with Gasteiger partial charge in [-0.2, -0.15) is 0 Å². The molecule has 0 saturated carbocycles. The van der Waals surface area contributed by atoms with Crippen molar-refractivity contribution in [3.8, 4) is 0 Å². The summed E-state index contributed by atoms with van der Waals surface area (Å²) in [6.07, 6.45) is 12.7. The zero-order chi connectivity index (χ0) is 17.0. The van der Waals surface area contributed by atoms with Crippen molar-refractivity contribution in [3.05, 3.63) is 11.6 Å². The summed E-state index contributed by atoms with van der Waals surface area (Å²) in [7, 11) is 0. The predicted octanol–water partition coefficient (Wildman–Crippen LogP) is 5.99. The molecule has 0 fully saturated rings. The van der Waals surface area contributed by atoms with Gasteiger partial charge in [0.15, 0.2) is 0 Å². The molecule has 0 spiro atoms. The molecule has 1 N–H and O–H groups in total. The molecule has 0 heterocycles. The molecule has 2 nitrogen and oxygen atoms in total. The Morgan fingerprint density at radius 1 is 0.840 bits per heavy atom. The molecule has 0 aliphatic carbocycles. The van der Waals surface area contributed by atoms with Gasteiger partial charge >= 0.3 is 119 Å². The smallest absolute Gasteiger partial charge is 1.00 e. The van der Waals surface area contributed by atoms with Crippen LogP contribution in [0.15, 0.2) is 11.6 Å². The van der Waals surface area contributed by atoms with E-state index in [2.05, 4.69) is 27.7 Å². The molecule has 0 radical (unpaired) electrons. The molecule has 0 aromatic carbocycles. The molecule has 0 aromatic rings. The standard InChI is InChI=1S/C20H38O2.3Ca.6H/c1-16(2)9-6-10-17(3)11-7-12-18(4)13-8-14-19(5)15-20(21)22;;;;;;;;;/h15-18H,6-14H2,1-5H3,(H,21,22);;;;;;;;;/q;3*+2;6*-1/b19-15+;;;;;;;;;/t17-,18-;;;;;;;;;/m1........./s1. The van der Waals surface area contributed by atoms with Crippen molar-refractivity contribution in [1.29, 1.82) is 0 Å². The first kappa shape index (κ1) is 35.4. The van der Waals surface area contributed by atoms with Crippen LogP contribution in [0.25, 0.3) is 0 Å². The summed E-state index contributed by atoms with van der Waals surface area (Å²) in [4.78, 5) is 10.5. The number of carbonyl (C=O) groups is 1. The maximum Gasteiger partial charge on any atom is 2.00 e. The summed E-state index contributed by atoms with van der Waals surface area (Å²) < 4.78 is 0. The third-order valence-electron chi connectivity index (χ3n) is 4.51. The van der Waals surface area contributed by atoms with Gasteiger partial charge in [0.2, 0.25) is 0 Å². The second-order valence-corrected chi connectivity index (χ2v) is 7.69. The minimum atomic E-state index is -0.822. The first-order valence-corrected chi connectivity index (χ1v) is 9.21. The topological polar surface area (TPSA) is 37.3 Å². The molecule has 5 heteroatoms. The molecule has 0 amide bonds. The van der Waals surface area contributed by atoms with Gasteiger partial charge in [-0.3, -0.25) is 0 Å². The average Bonchev–Trinajstić information content (AvgIpc) is 2.37. The van der Waals surface area contributed by atoms with Crippen LogP contribution in [0, 0.1) is 17.8 Å². The summed E-state index contributed by atoms with van der Waals surface area (Å²) in [5.41, 5.74) is 0.985. The fourth-order valence-corrected chi connectivity index (χ4v) is 2.99. The van der Waals surface area contributed by atoms with Crippen LogP contribution in [0.2, 0.25) is 0 Å². The number of carboxylic acids is 1. The number of allylic oxidation sites excluding steroid dienone is 1. The number of rotatable bonds is 13. The third-order valence-corrected chi connectivity index (χ3v) is 4.51. The summed E-state index contributed by atoms with van der Waals surface area (Å²) in [6, 6.07) is 0. The maximum absolute atomic E-state index is 10.5. The van der Waals surface area contributed by atoms with Crippen LogP contribution >= 0.6 is 0 Å². The van der Waals surface area contributed by atoms with Crippen LogP contribution in [-0.2, 0) is 4.79 Å². The van der Waals surface area contributed by atoms with Crippen molar-refractivity contribution in [2.75, 3.05) is 0 Å². The van der Waals surface area contributed by atoms with Gasteiger partial charge in [0.05, 0.1) is 0 Å². The normalized spacial score (nSPS) is 13.3. The molecule has 0 unspecified atom stereocenters. The van der Waals surface area contributed by atoms with Gasteiger partial charge in [-0.1, -0.05) is 78.2 Å². The van der Waals surface area contributed by atoms with E-state index in [9.17, 15) is 4.79 Å². The van der Waals surface area contributed by atoms with Gasteiger partial charge in [0.1, 0.15) is 0 Å². The Morgan fingerprint density at radius 2 is 1.24 bits per heavy atom. The largest absolute Gasteiger partial charge is 2.00 e. The van der Waals surface area contributed by atoms with E-state index < -0.39 is 5.97 Å². The van der Waals surface area contributed by atoms with Crippen LogP contribution in [-0.4, -0.2) is 124 Å². The minimum absolute atomic E-state index is 0. The average molecular weight is 437 g/mol. The van der Waals surface area contributed by atoms with Crippen LogP contribution in [0.1, 0.15) is 101 Å². The number of hydrogen-bond donors (Lipinski definition) is 1. The molecule has 142 valence electrons. The second kappa shape index (κ2) is 23.3. The second-order valence-electron chi connectivity index (χ2n) is 7.69. The Morgan fingerprint density at radius 3 is 1.64 bits per heavy atom. The monoisotopic (exact) mass is 436 g/mol. The molecule has 0 bridgehead atoms. The molecule has 0 aliphatic heterocycles. The predicted molar refractivity (Wildman–Crippen MR) is 120 cm³/mol. The van der Waals surface area contributed by atoms with Crippen molar-refractivity contribution in [2.24, 2.45) is 17.8 Å². The fourth-order valence-electron chi connectivity index (χ4n) is 2.99. The van der Waals surface area contributed by atoms with E-state index in [0.717, 1.165) is 36.2 Å². The third kappa shape index (κ3) is 27.0. The SMILES string of the molecule is C/C(=C\C(=O)O)CCC[C@H](C)CCC[C@H](C)CCCC(C)C.[Ca+2].[Ca+2].[Ca+2].[H-].[H-].[H-].[H-].[H-].[H-]. The zero-order valence-electron chi connectivity index (χ0n) is 23.7. The molecule has 0 aliphatic rings. The van der Waals surface area contributed by atoms with Crippen LogP contribution in [0.3, 0.4) is 0 Å². The van der Waals surface area contributed by atoms with Crippen LogP contribution in [0.5, 0.6) is 0 Å². The molecule has 0 saturated heterocycles. The van der Waals surface area contributed by atoms with Gasteiger partial charge in [-0.05, 0) is 37.5 Å². The van der Waals surface area contributed by atoms with Crippen molar-refractivity contribution in [2.45, 2.75) is 92.4 Å². The van der Waals surface area contributed by atoms with Gasteiger partial charge in [-0.15, -0.1) is 0 Å². The summed E-state index contributed by atoms with van der Waals surface area (Å²) in [6.45, 7) is 11.3. The van der Waals surface area contributed by atoms with E-state index in [4.69, 9.17) is 5.11 Å². The van der Waals surface area contributed by atoms with E-state index in [1.54, 1.807) is 0 Å². The fraction of sp³-hybridized carbons (Fsp3) is 0.850. The Bertz CT molecular complexity index is 353. The molecular formula is C20H44Ca3O2. The Balaban J connectivity index is -0.0000000612. The summed E-state index contributed by atoms with van der Waals surface area (Å²) in [5.74, 6) is 1.65. The molecule has 0 aromatic heterocycles. The first-order chi connectivity index (χ1) is 10.3. The van der Waals surface area contributed by atoms with E-state index in [-0.39, 0.29) is 122 Å². The van der Waals surface area contributed by atoms with Gasteiger partial charge in [0.25, 0.3) is 0 Å². The summed E-state index contributed by atoms with van der Waals surface area (Å²) in [5, 5.41) is 8.68. The Labute approximate surface area is 255 Å². The first-order valence-electron chi connectivity index (χ1n) is 9.21. The van der Waals surface area contributed by atoms with Gasteiger partial charge < -0.3 is 13.7 Å². The molecule has 25 heavy (non-hydrogen) atoms. The Kier molecular flexibility index (Phi) is 33.0. The van der Waals surface area contributed by atoms with Crippen molar-refractivity contribution >= 4 is 119 Å². The quantitative estimate of drug-likeness (QED) is 0.284. The molecule has 2 atom stereocenters. The molecule has 0 rings (SSSR count).